The Labute approximate surface area is 157 Å². The lowest BCUT2D eigenvalue weighted by Gasteiger charge is -2.20. The predicted molar refractivity (Wildman–Crippen MR) is 96.3 cm³/mol. The average molecular weight is 398 g/mol. The molecule has 1 saturated heterocycles. The maximum absolute atomic E-state index is 11.9. The van der Waals surface area contributed by atoms with E-state index in [1.54, 1.807) is 24.3 Å². The number of halogens is 1. The lowest BCUT2D eigenvalue weighted by molar-refractivity contribution is -0.0440. The van der Waals surface area contributed by atoms with E-state index < -0.39 is 23.1 Å². The van der Waals surface area contributed by atoms with Crippen molar-refractivity contribution in [1.82, 2.24) is 0 Å². The fourth-order valence-electron chi connectivity index (χ4n) is 2.60. The van der Waals surface area contributed by atoms with Gasteiger partial charge in [-0.2, -0.15) is 0 Å². The van der Waals surface area contributed by atoms with E-state index in [-0.39, 0.29) is 10.6 Å². The highest BCUT2D eigenvalue weighted by molar-refractivity contribution is 7.74. The predicted octanol–water partition coefficient (Wildman–Crippen LogP) is 2.84. The zero-order valence-electron chi connectivity index (χ0n) is 13.8. The summed E-state index contributed by atoms with van der Waals surface area (Å²) < 4.78 is 40.4. The van der Waals surface area contributed by atoms with E-state index in [2.05, 4.69) is 4.74 Å². The molecule has 7 nitrogen and oxygen atoms in total. The van der Waals surface area contributed by atoms with Gasteiger partial charge in [0.05, 0.1) is 42.3 Å². The zero-order valence-corrected chi connectivity index (χ0v) is 15.4. The summed E-state index contributed by atoms with van der Waals surface area (Å²) in [7, 11) is -1.76. The monoisotopic (exact) mass is 397 g/mol. The fourth-order valence-corrected chi connectivity index (χ4v) is 3.48. The second-order valence-corrected chi connectivity index (χ2v) is 6.66. The Morgan fingerprint density at radius 2 is 1.85 bits per heavy atom. The van der Waals surface area contributed by atoms with Gasteiger partial charge in [-0.15, -0.1) is 0 Å². The summed E-state index contributed by atoms with van der Waals surface area (Å²) in [6.07, 6.45) is -0.522. The number of ether oxygens (including phenoxy) is 3. The summed E-state index contributed by atoms with van der Waals surface area (Å²) in [5.41, 5.74) is 1.56. The van der Waals surface area contributed by atoms with Crippen LogP contribution in [0.5, 0.6) is 0 Å². The van der Waals surface area contributed by atoms with Crippen molar-refractivity contribution in [2.75, 3.05) is 24.6 Å². The molecule has 0 radical (unpaired) electrons. The molecule has 0 atom stereocenters. The Morgan fingerprint density at radius 3 is 2.46 bits per heavy atom. The first kappa shape index (κ1) is 18.7. The number of hydrogen-bond acceptors (Lipinski definition) is 6. The molecule has 1 heterocycles. The van der Waals surface area contributed by atoms with Crippen LogP contribution in [-0.4, -0.2) is 34.7 Å². The molecule has 2 aromatic carbocycles. The lowest BCUT2D eigenvalue weighted by atomic mass is 10.1. The Hall–Kier alpha value is -2.13. The van der Waals surface area contributed by atoms with Crippen molar-refractivity contribution in [1.29, 1.82) is 0 Å². The quantitative estimate of drug-likeness (QED) is 0.617. The standard InChI is InChI=1S/C17H16ClNO6S/c1-23-16(20)14-6-5-13(10-15(14)18)19(26(21)22)12-4-2-3-11(9-12)17-24-7-8-25-17/h2-6,9-10,17,26H,7-8H2,1H3. The van der Waals surface area contributed by atoms with Gasteiger partial charge in [-0.3, -0.25) is 0 Å². The Bertz CT molecular complexity index is 887. The molecule has 0 unspecified atom stereocenters. The molecule has 138 valence electrons. The SMILES string of the molecule is COC(=O)c1ccc(N(c2cccc(C3OCCO3)c2)[SH](=O)=O)cc1Cl. The van der Waals surface area contributed by atoms with Crippen LogP contribution in [0.1, 0.15) is 22.2 Å². The number of methoxy groups -OCH3 is 1. The second kappa shape index (κ2) is 8.05. The molecule has 0 bridgehead atoms. The number of esters is 1. The van der Waals surface area contributed by atoms with Crippen LogP contribution in [0.15, 0.2) is 42.5 Å². The Balaban J connectivity index is 1.99. The molecule has 9 heteroatoms. The number of hydrogen-bond donors (Lipinski definition) is 1. The zero-order chi connectivity index (χ0) is 18.7. The number of thiol groups is 1. The van der Waals surface area contributed by atoms with Gasteiger partial charge >= 0.3 is 5.97 Å². The Kier molecular flexibility index (Phi) is 5.77. The van der Waals surface area contributed by atoms with Crippen LogP contribution in [0, 0.1) is 0 Å². The molecule has 1 fully saturated rings. The van der Waals surface area contributed by atoms with Crippen molar-refractivity contribution >= 4 is 39.8 Å². The van der Waals surface area contributed by atoms with Crippen LogP contribution in [0.25, 0.3) is 0 Å². The number of rotatable bonds is 5. The lowest BCUT2D eigenvalue weighted by Crippen LogP contribution is -2.15. The molecule has 0 saturated carbocycles. The van der Waals surface area contributed by atoms with Gasteiger partial charge in [0.1, 0.15) is 0 Å². The third-order valence-corrected chi connectivity index (χ3v) is 4.88. The van der Waals surface area contributed by atoms with Gasteiger partial charge in [0.15, 0.2) is 6.29 Å². The van der Waals surface area contributed by atoms with E-state index in [9.17, 15) is 13.2 Å². The molecule has 1 aliphatic rings. The van der Waals surface area contributed by atoms with E-state index in [1.165, 1.54) is 25.3 Å². The Morgan fingerprint density at radius 1 is 1.15 bits per heavy atom. The molecular weight excluding hydrogens is 382 g/mol. The molecule has 0 spiro atoms. The van der Waals surface area contributed by atoms with Crippen molar-refractivity contribution in [3.8, 4) is 0 Å². The van der Waals surface area contributed by atoms with Crippen LogP contribution in [-0.2, 0) is 25.1 Å². The maximum Gasteiger partial charge on any atom is 0.339 e. The number of anilines is 2. The number of carbonyl (C=O) groups excluding carboxylic acids is 1. The molecule has 0 aliphatic carbocycles. The van der Waals surface area contributed by atoms with E-state index >= 15 is 0 Å². The molecule has 0 aromatic heterocycles. The van der Waals surface area contributed by atoms with Crippen molar-refractivity contribution < 1.29 is 27.4 Å². The van der Waals surface area contributed by atoms with Crippen molar-refractivity contribution in [3.05, 3.63) is 58.6 Å². The molecule has 0 N–H and O–H groups in total. The minimum atomic E-state index is -3.01. The minimum absolute atomic E-state index is 0.0924. The number of nitrogens with zero attached hydrogens (tertiary/aromatic N) is 1. The summed E-state index contributed by atoms with van der Waals surface area (Å²) in [5.74, 6) is -0.600. The number of carbonyl (C=O) groups is 1. The fraction of sp³-hybridized carbons (Fsp3) is 0.235. The average Bonchev–Trinajstić information content (AvgIpc) is 3.16. The highest BCUT2D eigenvalue weighted by atomic mass is 35.5. The van der Waals surface area contributed by atoms with Gasteiger partial charge in [-0.1, -0.05) is 23.7 Å². The van der Waals surface area contributed by atoms with E-state index in [0.29, 0.717) is 30.2 Å². The highest BCUT2D eigenvalue weighted by Gasteiger charge is 2.21. The first-order valence-electron chi connectivity index (χ1n) is 7.66. The molecular formula is C17H16ClNO6S. The third-order valence-electron chi connectivity index (χ3n) is 3.77. The van der Waals surface area contributed by atoms with E-state index in [1.807, 2.05) is 0 Å². The summed E-state index contributed by atoms with van der Waals surface area (Å²) in [5, 5.41) is 0.0924. The van der Waals surface area contributed by atoms with Crippen LogP contribution in [0.4, 0.5) is 11.4 Å². The van der Waals surface area contributed by atoms with Crippen LogP contribution in [0.3, 0.4) is 0 Å². The third kappa shape index (κ3) is 3.83. The van der Waals surface area contributed by atoms with Crippen molar-refractivity contribution in [2.24, 2.45) is 0 Å². The molecule has 1 aliphatic heterocycles. The molecule has 3 rings (SSSR count). The first-order chi connectivity index (χ1) is 12.5. The van der Waals surface area contributed by atoms with Gasteiger partial charge in [-0.05, 0) is 30.3 Å². The maximum atomic E-state index is 11.9. The van der Waals surface area contributed by atoms with Gasteiger partial charge in [0, 0.05) is 5.56 Å². The van der Waals surface area contributed by atoms with Gasteiger partial charge in [0.25, 0.3) is 0 Å². The summed E-state index contributed by atoms with van der Waals surface area (Å²) in [6.45, 7) is 0.970. The smallest absolute Gasteiger partial charge is 0.339 e. The largest absolute Gasteiger partial charge is 0.465 e. The second-order valence-electron chi connectivity index (χ2n) is 5.37. The molecule has 2 aromatic rings. The van der Waals surface area contributed by atoms with E-state index in [0.717, 1.165) is 4.31 Å². The van der Waals surface area contributed by atoms with Gasteiger partial charge in [0.2, 0.25) is 10.9 Å². The summed E-state index contributed by atoms with van der Waals surface area (Å²) in [6, 6.07) is 11.1. The summed E-state index contributed by atoms with van der Waals surface area (Å²) >= 11 is 6.11. The van der Waals surface area contributed by atoms with Crippen LogP contribution in [0.2, 0.25) is 5.02 Å². The van der Waals surface area contributed by atoms with Crippen molar-refractivity contribution in [2.45, 2.75) is 6.29 Å². The van der Waals surface area contributed by atoms with E-state index in [4.69, 9.17) is 21.1 Å². The summed E-state index contributed by atoms with van der Waals surface area (Å²) in [4.78, 5) is 11.6. The highest BCUT2D eigenvalue weighted by Crippen LogP contribution is 2.32. The normalized spacial score (nSPS) is 14.6. The minimum Gasteiger partial charge on any atom is -0.465 e. The topological polar surface area (TPSA) is 82.1 Å². The number of benzene rings is 2. The van der Waals surface area contributed by atoms with Gasteiger partial charge < -0.3 is 14.2 Å². The van der Waals surface area contributed by atoms with Crippen molar-refractivity contribution in [3.63, 3.8) is 0 Å². The molecule has 26 heavy (non-hydrogen) atoms. The first-order valence-corrected chi connectivity index (χ1v) is 9.17. The van der Waals surface area contributed by atoms with Crippen LogP contribution >= 0.6 is 11.6 Å². The van der Waals surface area contributed by atoms with Crippen LogP contribution < -0.4 is 4.31 Å². The van der Waals surface area contributed by atoms with Gasteiger partial charge in [-0.25, -0.2) is 17.5 Å². The molecule has 0 amide bonds.